The van der Waals surface area contributed by atoms with Gasteiger partial charge < -0.3 is 5.11 Å². The van der Waals surface area contributed by atoms with Gasteiger partial charge in [0.05, 0.1) is 6.10 Å². The third-order valence-corrected chi connectivity index (χ3v) is 2.79. The monoisotopic (exact) mass is 196 g/mol. The highest BCUT2D eigenvalue weighted by atomic mass is 32.2. The third kappa shape index (κ3) is 3.05. The minimum absolute atomic E-state index is 0.298. The molecular weight excluding hydrogens is 180 g/mol. The topological polar surface area (TPSA) is 20.2 Å². The first-order valence-corrected chi connectivity index (χ1v) is 5.87. The molecule has 0 saturated carbocycles. The second-order valence-corrected chi connectivity index (χ2v) is 4.14. The van der Waals surface area contributed by atoms with E-state index in [1.807, 2.05) is 31.2 Å². The van der Waals surface area contributed by atoms with Gasteiger partial charge in [0.1, 0.15) is 0 Å². The van der Waals surface area contributed by atoms with Crippen molar-refractivity contribution in [2.75, 3.05) is 12.0 Å². The summed E-state index contributed by atoms with van der Waals surface area (Å²) in [5, 5.41) is 9.82. The van der Waals surface area contributed by atoms with Crippen molar-refractivity contribution in [2.24, 2.45) is 0 Å². The Balaban J connectivity index is 2.65. The molecule has 0 bridgehead atoms. The zero-order valence-corrected chi connectivity index (χ0v) is 8.97. The molecule has 13 heavy (non-hydrogen) atoms. The Morgan fingerprint density at radius 1 is 1.38 bits per heavy atom. The summed E-state index contributed by atoms with van der Waals surface area (Å²) in [4.78, 5) is 0. The fraction of sp³-hybridized carbons (Fsp3) is 0.455. The van der Waals surface area contributed by atoms with E-state index >= 15 is 0 Å². The summed E-state index contributed by atoms with van der Waals surface area (Å²) < 4.78 is 0. The van der Waals surface area contributed by atoms with Crippen LogP contribution in [0, 0.1) is 6.92 Å². The maximum atomic E-state index is 9.82. The van der Waals surface area contributed by atoms with Gasteiger partial charge in [0.25, 0.3) is 0 Å². The zero-order valence-electron chi connectivity index (χ0n) is 8.16. The smallest absolute Gasteiger partial charge is 0.0800 e. The number of aryl methyl sites for hydroxylation is 1. The summed E-state index contributed by atoms with van der Waals surface area (Å²) in [6.45, 7) is 2.04. The third-order valence-electron chi connectivity index (χ3n) is 2.14. The van der Waals surface area contributed by atoms with Crippen molar-refractivity contribution in [3.63, 3.8) is 0 Å². The van der Waals surface area contributed by atoms with Crippen molar-refractivity contribution in [3.8, 4) is 0 Å². The molecular formula is C11H16OS. The molecule has 1 rings (SSSR count). The van der Waals surface area contributed by atoms with Gasteiger partial charge in [-0.2, -0.15) is 11.8 Å². The lowest BCUT2D eigenvalue weighted by Gasteiger charge is -2.12. The first-order chi connectivity index (χ1) is 6.25. The largest absolute Gasteiger partial charge is 0.388 e. The molecule has 0 spiro atoms. The van der Waals surface area contributed by atoms with Gasteiger partial charge in [0, 0.05) is 0 Å². The summed E-state index contributed by atoms with van der Waals surface area (Å²) in [6, 6.07) is 8.02. The molecule has 0 amide bonds. The lowest BCUT2D eigenvalue weighted by Crippen LogP contribution is -2.00. The van der Waals surface area contributed by atoms with Crippen molar-refractivity contribution >= 4 is 11.8 Å². The van der Waals surface area contributed by atoms with Crippen LogP contribution in [0.3, 0.4) is 0 Å². The molecule has 0 fully saturated rings. The molecule has 1 nitrogen and oxygen atoms in total. The quantitative estimate of drug-likeness (QED) is 0.799. The highest BCUT2D eigenvalue weighted by molar-refractivity contribution is 7.98. The number of benzene rings is 1. The Morgan fingerprint density at radius 3 is 2.69 bits per heavy atom. The summed E-state index contributed by atoms with van der Waals surface area (Å²) in [7, 11) is 0. The van der Waals surface area contributed by atoms with Crippen molar-refractivity contribution in [1.82, 2.24) is 0 Å². The van der Waals surface area contributed by atoms with Gasteiger partial charge in [-0.05, 0) is 36.5 Å². The van der Waals surface area contributed by atoms with Crippen LogP contribution in [-0.4, -0.2) is 17.1 Å². The molecule has 72 valence electrons. The maximum Gasteiger partial charge on any atom is 0.0800 e. The van der Waals surface area contributed by atoms with Crippen LogP contribution in [0.5, 0.6) is 0 Å². The second-order valence-electron chi connectivity index (χ2n) is 3.15. The Morgan fingerprint density at radius 2 is 2.08 bits per heavy atom. The number of thioether (sulfide) groups is 1. The van der Waals surface area contributed by atoms with Gasteiger partial charge in [-0.15, -0.1) is 0 Å². The summed E-state index contributed by atoms with van der Waals surface area (Å²) in [5.74, 6) is 1.01. The van der Waals surface area contributed by atoms with E-state index in [2.05, 4.69) is 6.26 Å². The molecule has 1 aromatic carbocycles. The van der Waals surface area contributed by atoms with E-state index in [1.165, 1.54) is 5.56 Å². The van der Waals surface area contributed by atoms with E-state index in [4.69, 9.17) is 0 Å². The predicted octanol–water partition coefficient (Wildman–Crippen LogP) is 2.78. The minimum Gasteiger partial charge on any atom is -0.388 e. The average Bonchev–Trinajstić information content (AvgIpc) is 2.15. The van der Waals surface area contributed by atoms with Gasteiger partial charge in [-0.1, -0.05) is 24.3 Å². The van der Waals surface area contributed by atoms with Crippen molar-refractivity contribution in [2.45, 2.75) is 19.4 Å². The van der Waals surface area contributed by atoms with Crippen LogP contribution in [0.15, 0.2) is 24.3 Å². The molecule has 2 heteroatoms. The SMILES string of the molecule is CSCCC(O)c1ccccc1C. The van der Waals surface area contributed by atoms with E-state index in [-0.39, 0.29) is 6.10 Å². The highest BCUT2D eigenvalue weighted by Crippen LogP contribution is 2.21. The standard InChI is InChI=1S/C11H16OS/c1-9-5-3-4-6-10(9)11(12)7-8-13-2/h3-6,11-12H,7-8H2,1-2H3. The van der Waals surface area contributed by atoms with E-state index in [1.54, 1.807) is 11.8 Å². The number of aliphatic hydroxyl groups is 1. The summed E-state index contributed by atoms with van der Waals surface area (Å²) in [5.41, 5.74) is 2.24. The van der Waals surface area contributed by atoms with Gasteiger partial charge in [0.15, 0.2) is 0 Å². The molecule has 1 N–H and O–H groups in total. The van der Waals surface area contributed by atoms with Crippen LogP contribution in [-0.2, 0) is 0 Å². The average molecular weight is 196 g/mol. The van der Waals surface area contributed by atoms with Crippen molar-refractivity contribution in [3.05, 3.63) is 35.4 Å². The van der Waals surface area contributed by atoms with Gasteiger partial charge >= 0.3 is 0 Å². The minimum atomic E-state index is -0.298. The first kappa shape index (κ1) is 10.6. The van der Waals surface area contributed by atoms with Crippen LogP contribution in [0.4, 0.5) is 0 Å². The number of aliphatic hydroxyl groups excluding tert-OH is 1. The first-order valence-electron chi connectivity index (χ1n) is 4.48. The molecule has 0 aromatic heterocycles. The van der Waals surface area contributed by atoms with Crippen molar-refractivity contribution in [1.29, 1.82) is 0 Å². The van der Waals surface area contributed by atoms with Gasteiger partial charge in [-0.25, -0.2) is 0 Å². The Labute approximate surface area is 84.2 Å². The zero-order chi connectivity index (χ0) is 9.68. The Bertz CT molecular complexity index is 260. The van der Waals surface area contributed by atoms with Gasteiger partial charge in [0.2, 0.25) is 0 Å². The fourth-order valence-corrected chi connectivity index (χ4v) is 1.80. The molecule has 0 radical (unpaired) electrons. The molecule has 1 atom stereocenters. The Hall–Kier alpha value is -0.470. The summed E-state index contributed by atoms with van der Waals surface area (Å²) >= 11 is 1.77. The maximum absolute atomic E-state index is 9.82. The molecule has 0 aliphatic rings. The lowest BCUT2D eigenvalue weighted by molar-refractivity contribution is 0.174. The molecule has 0 aliphatic heterocycles. The molecule has 1 aromatic rings. The van der Waals surface area contributed by atoms with Crippen LogP contribution in [0.2, 0.25) is 0 Å². The Kier molecular flexibility index (Phi) is 4.33. The molecule has 0 heterocycles. The number of hydrogen-bond acceptors (Lipinski definition) is 2. The number of hydrogen-bond donors (Lipinski definition) is 1. The molecule has 0 saturated heterocycles. The van der Waals surface area contributed by atoms with E-state index < -0.39 is 0 Å². The van der Waals surface area contributed by atoms with Crippen LogP contribution >= 0.6 is 11.8 Å². The molecule has 1 unspecified atom stereocenters. The fourth-order valence-electron chi connectivity index (χ4n) is 1.35. The van der Waals surface area contributed by atoms with Crippen LogP contribution in [0.1, 0.15) is 23.7 Å². The van der Waals surface area contributed by atoms with E-state index in [9.17, 15) is 5.11 Å². The summed E-state index contributed by atoms with van der Waals surface area (Å²) in [6.07, 6.45) is 2.60. The lowest BCUT2D eigenvalue weighted by atomic mass is 10.0. The van der Waals surface area contributed by atoms with Crippen molar-refractivity contribution < 1.29 is 5.11 Å². The highest BCUT2D eigenvalue weighted by Gasteiger charge is 2.08. The van der Waals surface area contributed by atoms with E-state index in [0.29, 0.717) is 0 Å². The number of rotatable bonds is 4. The van der Waals surface area contributed by atoms with E-state index in [0.717, 1.165) is 17.7 Å². The van der Waals surface area contributed by atoms with Crippen LogP contribution < -0.4 is 0 Å². The molecule has 0 aliphatic carbocycles. The second kappa shape index (κ2) is 5.30. The van der Waals surface area contributed by atoms with Gasteiger partial charge in [-0.3, -0.25) is 0 Å². The predicted molar refractivity (Wildman–Crippen MR) is 59.1 cm³/mol. The van der Waals surface area contributed by atoms with Crippen LogP contribution in [0.25, 0.3) is 0 Å². The normalized spacial score (nSPS) is 12.8.